The van der Waals surface area contributed by atoms with Crippen LogP contribution in [0.2, 0.25) is 0 Å². The van der Waals surface area contributed by atoms with Gasteiger partial charge >= 0.3 is 6.18 Å². The maximum absolute atomic E-state index is 12.9. The first kappa shape index (κ1) is 23.1. The van der Waals surface area contributed by atoms with Gasteiger partial charge in [0.1, 0.15) is 24.4 Å². The van der Waals surface area contributed by atoms with Crippen LogP contribution in [-0.2, 0) is 4.79 Å². The molecule has 1 saturated heterocycles. The number of nitriles is 2. The van der Waals surface area contributed by atoms with Gasteiger partial charge < -0.3 is 9.80 Å². The van der Waals surface area contributed by atoms with Crippen molar-refractivity contribution in [1.29, 1.82) is 10.5 Å². The molecule has 2 saturated carbocycles. The monoisotopic (exact) mass is 480 g/mol. The predicted octanol–water partition coefficient (Wildman–Crippen LogP) is 4.14. The summed E-state index contributed by atoms with van der Waals surface area (Å²) >= 11 is 0. The lowest BCUT2D eigenvalue weighted by atomic mass is 9.99. The largest absolute Gasteiger partial charge is 0.397 e. The van der Waals surface area contributed by atoms with Gasteiger partial charge in [0.2, 0.25) is 5.91 Å². The molecule has 1 unspecified atom stereocenters. The van der Waals surface area contributed by atoms with Gasteiger partial charge in [0.25, 0.3) is 0 Å². The number of anilines is 1. The van der Waals surface area contributed by atoms with Gasteiger partial charge in [-0.1, -0.05) is 0 Å². The molecule has 7 nitrogen and oxygen atoms in total. The van der Waals surface area contributed by atoms with Gasteiger partial charge in [0.05, 0.1) is 22.9 Å². The number of carbonyl (C=O) groups excluding carboxylic acids is 1. The number of nitrogens with zero attached hydrogens (tertiary/aromatic N) is 6. The molecule has 3 fully saturated rings. The maximum Gasteiger partial charge on any atom is 0.397 e. The third-order valence-corrected chi connectivity index (χ3v) is 6.85. The number of piperazine rings is 1. The fraction of sp³-hybridized carbons (Fsp3) is 0.480. The number of halogens is 3. The molecule has 10 heteroatoms. The summed E-state index contributed by atoms with van der Waals surface area (Å²) < 4.78 is 38.6. The molecule has 35 heavy (non-hydrogen) atoms. The fourth-order valence-electron chi connectivity index (χ4n) is 4.86. The van der Waals surface area contributed by atoms with Crippen LogP contribution in [0.5, 0.6) is 0 Å². The number of alkyl halides is 3. The van der Waals surface area contributed by atoms with Crippen LogP contribution in [0.4, 0.5) is 19.0 Å². The topological polar surface area (TPSA) is 96.9 Å². The molecule has 2 aliphatic carbocycles. The second-order valence-corrected chi connectivity index (χ2v) is 9.48. The second kappa shape index (κ2) is 8.84. The van der Waals surface area contributed by atoms with E-state index in [9.17, 15) is 28.5 Å². The quantitative estimate of drug-likeness (QED) is 0.638. The molecule has 0 radical (unpaired) electrons. The van der Waals surface area contributed by atoms with Crippen molar-refractivity contribution >= 4 is 11.7 Å². The Kier molecular flexibility index (Phi) is 5.84. The Balaban J connectivity index is 1.47. The van der Waals surface area contributed by atoms with Gasteiger partial charge in [0, 0.05) is 49.1 Å². The van der Waals surface area contributed by atoms with E-state index in [1.54, 1.807) is 18.3 Å². The van der Waals surface area contributed by atoms with Crippen LogP contribution in [0.25, 0.3) is 11.1 Å². The number of aromatic nitrogens is 2. The fourth-order valence-corrected chi connectivity index (χ4v) is 4.86. The molecule has 3 aliphatic rings. The highest BCUT2D eigenvalue weighted by molar-refractivity contribution is 5.78. The van der Waals surface area contributed by atoms with Crippen molar-refractivity contribution in [2.45, 2.75) is 50.2 Å². The van der Waals surface area contributed by atoms with Gasteiger partial charge in [-0.25, -0.2) is 4.98 Å². The Hall–Kier alpha value is -3.66. The van der Waals surface area contributed by atoms with Gasteiger partial charge in [-0.15, -0.1) is 0 Å². The zero-order valence-electron chi connectivity index (χ0n) is 18.9. The Morgan fingerprint density at radius 1 is 1.09 bits per heavy atom. The molecule has 0 bridgehead atoms. The van der Waals surface area contributed by atoms with Crippen molar-refractivity contribution in [2.24, 2.45) is 5.92 Å². The maximum atomic E-state index is 12.9. The normalized spacial score (nSPS) is 20.3. The first-order valence-corrected chi connectivity index (χ1v) is 11.7. The molecule has 0 spiro atoms. The lowest BCUT2D eigenvalue weighted by Crippen LogP contribution is -2.57. The number of amides is 1. The Bertz CT molecular complexity index is 1240. The van der Waals surface area contributed by atoms with E-state index < -0.39 is 18.5 Å². The van der Waals surface area contributed by atoms with E-state index in [0.717, 1.165) is 42.5 Å². The minimum absolute atomic E-state index is 0.164. The first-order valence-electron chi connectivity index (χ1n) is 11.7. The zero-order valence-corrected chi connectivity index (χ0v) is 18.9. The molecule has 0 N–H and O–H groups in total. The van der Waals surface area contributed by atoms with E-state index in [1.807, 2.05) is 4.90 Å². The number of pyridine rings is 2. The van der Waals surface area contributed by atoms with Gasteiger partial charge in [0.15, 0.2) is 0 Å². The van der Waals surface area contributed by atoms with Gasteiger partial charge in [-0.05, 0) is 43.7 Å². The summed E-state index contributed by atoms with van der Waals surface area (Å²) in [6.07, 6.45) is 0.841. The van der Waals surface area contributed by atoms with Crippen molar-refractivity contribution in [3.05, 3.63) is 41.3 Å². The molecule has 1 atom stereocenters. The van der Waals surface area contributed by atoms with Crippen molar-refractivity contribution in [3.63, 3.8) is 0 Å². The second-order valence-electron chi connectivity index (χ2n) is 9.48. The summed E-state index contributed by atoms with van der Waals surface area (Å²) in [6.45, 7) is 0.825. The molecule has 2 aromatic rings. The number of hydrogen-bond acceptors (Lipinski definition) is 6. The number of rotatable bonds is 5. The molecule has 5 rings (SSSR count). The van der Waals surface area contributed by atoms with E-state index >= 15 is 0 Å². The summed E-state index contributed by atoms with van der Waals surface area (Å²) in [7, 11) is 0. The van der Waals surface area contributed by atoms with E-state index in [4.69, 9.17) is 4.98 Å². The summed E-state index contributed by atoms with van der Waals surface area (Å²) in [5.41, 5.74) is 3.11. The van der Waals surface area contributed by atoms with Crippen LogP contribution in [0.1, 0.15) is 54.8 Å². The lowest BCUT2D eigenvalue weighted by Gasteiger charge is -2.42. The number of hydrogen-bond donors (Lipinski definition) is 0. The highest BCUT2D eigenvalue weighted by Gasteiger charge is 2.44. The first-order chi connectivity index (χ1) is 16.8. The van der Waals surface area contributed by atoms with E-state index in [1.165, 1.54) is 11.1 Å². The molecular formula is C25H23F3N6O. The van der Waals surface area contributed by atoms with Crippen LogP contribution < -0.4 is 4.90 Å². The molecule has 1 aliphatic heterocycles. The van der Waals surface area contributed by atoms with Crippen LogP contribution in [0.15, 0.2) is 24.5 Å². The molecule has 1 amide bonds. The highest BCUT2D eigenvalue weighted by atomic mass is 19.4. The minimum Gasteiger partial charge on any atom is -0.352 e. The Morgan fingerprint density at radius 3 is 2.49 bits per heavy atom. The zero-order chi connectivity index (χ0) is 24.7. The van der Waals surface area contributed by atoms with Crippen LogP contribution in [0, 0.1) is 28.6 Å². The van der Waals surface area contributed by atoms with Crippen LogP contribution >= 0.6 is 0 Å². The standard InChI is InChI=1S/C25H23F3N6O/c26-25(27,28)9-22(35)34-6-5-33(14-21(34)16-1-2-16)24-18(11-30)8-20(23(32-24)17-3-4-17)19-7-15(10-29)12-31-13-19/h7-8,12-13,16-17,21H,1-6,9,14H2. The van der Waals surface area contributed by atoms with Crippen molar-refractivity contribution in [2.75, 3.05) is 24.5 Å². The lowest BCUT2D eigenvalue weighted by molar-refractivity contribution is -0.163. The van der Waals surface area contributed by atoms with E-state index in [2.05, 4.69) is 17.1 Å². The minimum atomic E-state index is -4.54. The molecule has 180 valence electrons. The van der Waals surface area contributed by atoms with Gasteiger partial charge in [-0.3, -0.25) is 9.78 Å². The Labute approximate surface area is 200 Å². The predicted molar refractivity (Wildman–Crippen MR) is 120 cm³/mol. The van der Waals surface area contributed by atoms with Gasteiger partial charge in [-0.2, -0.15) is 23.7 Å². The smallest absolute Gasteiger partial charge is 0.352 e. The summed E-state index contributed by atoms with van der Waals surface area (Å²) in [4.78, 5) is 24.8. The van der Waals surface area contributed by atoms with Crippen LogP contribution in [0.3, 0.4) is 0 Å². The van der Waals surface area contributed by atoms with Crippen molar-refractivity contribution < 1.29 is 18.0 Å². The van der Waals surface area contributed by atoms with Crippen molar-refractivity contribution in [1.82, 2.24) is 14.9 Å². The van der Waals surface area contributed by atoms with Crippen LogP contribution in [-0.4, -0.2) is 52.6 Å². The number of carbonyl (C=O) groups is 1. The summed E-state index contributed by atoms with van der Waals surface area (Å²) in [5.74, 6) is 0.0381. The third-order valence-electron chi connectivity index (χ3n) is 6.85. The summed E-state index contributed by atoms with van der Waals surface area (Å²) in [6, 6.07) is 7.49. The molecule has 3 heterocycles. The third kappa shape index (κ3) is 4.93. The molecule has 2 aromatic heterocycles. The van der Waals surface area contributed by atoms with E-state index in [0.29, 0.717) is 30.0 Å². The van der Waals surface area contributed by atoms with Crippen molar-refractivity contribution in [3.8, 4) is 23.3 Å². The average molecular weight is 480 g/mol. The SMILES string of the molecule is N#Cc1cncc(-c2cc(C#N)c(N3CCN(C(=O)CC(F)(F)F)C(C4CC4)C3)nc2C2CC2)c1. The molecule has 0 aromatic carbocycles. The van der Waals surface area contributed by atoms with E-state index in [-0.39, 0.29) is 24.4 Å². The summed E-state index contributed by atoms with van der Waals surface area (Å²) in [5, 5.41) is 19.2. The highest BCUT2D eigenvalue weighted by Crippen LogP contribution is 2.45. The Morgan fingerprint density at radius 2 is 1.86 bits per heavy atom. The average Bonchev–Trinajstić information content (AvgIpc) is 3.75. The molecular weight excluding hydrogens is 457 g/mol.